The van der Waals surface area contributed by atoms with Crippen LogP contribution in [0, 0.1) is 0 Å². The minimum atomic E-state index is 0. The Morgan fingerprint density at radius 2 is 1.73 bits per heavy atom. The summed E-state index contributed by atoms with van der Waals surface area (Å²) in [4.78, 5) is 10.5. The van der Waals surface area contributed by atoms with Gasteiger partial charge in [-0.3, -0.25) is 4.79 Å². The van der Waals surface area contributed by atoms with Crippen molar-refractivity contribution in [3.05, 3.63) is 0 Å². The van der Waals surface area contributed by atoms with Gasteiger partial charge < -0.3 is 5.32 Å². The van der Waals surface area contributed by atoms with E-state index in [1.54, 1.807) is 6.92 Å². The summed E-state index contributed by atoms with van der Waals surface area (Å²) < 4.78 is 0. The van der Waals surface area contributed by atoms with Crippen molar-refractivity contribution in [3.8, 4) is 0 Å². The van der Waals surface area contributed by atoms with Gasteiger partial charge in [0.15, 0.2) is 0 Å². The third kappa shape index (κ3) is 9.47. The predicted molar refractivity (Wildman–Crippen MR) is 51.6 cm³/mol. The van der Waals surface area contributed by atoms with Crippen molar-refractivity contribution in [1.82, 2.24) is 5.32 Å². The zero-order valence-electron chi connectivity index (χ0n) is 8.40. The molecule has 1 N–H and O–H groups in total. The molecular weight excluding hydrogens is 138 g/mol. The van der Waals surface area contributed by atoms with Gasteiger partial charge in [0.05, 0.1) is 0 Å². The number of amides is 1. The summed E-state index contributed by atoms with van der Waals surface area (Å²) in [6, 6.07) is 0.377. The molecular formula is C9H23NO. The molecule has 0 spiro atoms. The Morgan fingerprint density at radius 3 is 1.82 bits per heavy atom. The smallest absolute Gasteiger partial charge is 0.217 e. The lowest BCUT2D eigenvalue weighted by molar-refractivity contribution is -0.119. The third-order valence-electron chi connectivity index (χ3n) is 1.39. The normalized spacial score (nSPS) is 8.55. The molecule has 2 nitrogen and oxygen atoms in total. The Hall–Kier alpha value is -0.530. The lowest BCUT2D eigenvalue weighted by Gasteiger charge is -2.11. The third-order valence-corrected chi connectivity index (χ3v) is 1.39. The standard InChI is InChI=1S/C7H15NO.C2H6.H2/c1-4-7(5-2)8-6(3)9;1-2;/h7H,4-5H2,1-3H3,(H,8,9);1-2H3;1H. The molecule has 0 aliphatic heterocycles. The maximum Gasteiger partial charge on any atom is 0.217 e. The monoisotopic (exact) mass is 161 g/mol. The number of carbonyl (C=O) groups is 1. The second kappa shape index (κ2) is 9.47. The minimum Gasteiger partial charge on any atom is -0.354 e. The Labute approximate surface area is 71.9 Å². The Balaban J connectivity index is -0.000000249. The maximum absolute atomic E-state index is 10.5. The molecule has 0 rings (SSSR count). The zero-order valence-corrected chi connectivity index (χ0v) is 8.40. The van der Waals surface area contributed by atoms with E-state index in [0.29, 0.717) is 6.04 Å². The van der Waals surface area contributed by atoms with Gasteiger partial charge in [0.1, 0.15) is 0 Å². The van der Waals surface area contributed by atoms with Gasteiger partial charge in [-0.15, -0.1) is 0 Å². The van der Waals surface area contributed by atoms with E-state index in [2.05, 4.69) is 19.2 Å². The van der Waals surface area contributed by atoms with Gasteiger partial charge in [0.25, 0.3) is 0 Å². The highest BCUT2D eigenvalue weighted by Crippen LogP contribution is 1.94. The highest BCUT2D eigenvalue weighted by molar-refractivity contribution is 5.73. The molecule has 0 bridgehead atoms. The van der Waals surface area contributed by atoms with E-state index >= 15 is 0 Å². The van der Waals surface area contributed by atoms with Crippen LogP contribution < -0.4 is 5.32 Å². The molecule has 0 saturated carbocycles. The van der Waals surface area contributed by atoms with Crippen LogP contribution >= 0.6 is 0 Å². The van der Waals surface area contributed by atoms with Gasteiger partial charge in [-0.1, -0.05) is 27.7 Å². The van der Waals surface area contributed by atoms with Crippen molar-refractivity contribution in [3.63, 3.8) is 0 Å². The van der Waals surface area contributed by atoms with Gasteiger partial charge in [-0.25, -0.2) is 0 Å². The summed E-state index contributed by atoms with van der Waals surface area (Å²) in [5.74, 6) is 0.0729. The van der Waals surface area contributed by atoms with E-state index in [-0.39, 0.29) is 7.33 Å². The summed E-state index contributed by atoms with van der Waals surface area (Å²) in [6.07, 6.45) is 2.05. The van der Waals surface area contributed by atoms with Crippen molar-refractivity contribution in [2.75, 3.05) is 0 Å². The number of nitrogens with one attached hydrogen (secondary N) is 1. The van der Waals surface area contributed by atoms with Crippen molar-refractivity contribution in [2.45, 2.75) is 53.5 Å². The lowest BCUT2D eigenvalue weighted by atomic mass is 10.2. The van der Waals surface area contributed by atoms with Crippen LogP contribution in [-0.2, 0) is 4.79 Å². The van der Waals surface area contributed by atoms with Crippen LogP contribution in [-0.4, -0.2) is 11.9 Å². The number of rotatable bonds is 3. The van der Waals surface area contributed by atoms with E-state index in [1.807, 2.05) is 13.8 Å². The summed E-state index contributed by atoms with van der Waals surface area (Å²) in [5, 5.41) is 2.84. The predicted octanol–water partition coefficient (Wildman–Crippen LogP) is 2.58. The van der Waals surface area contributed by atoms with Gasteiger partial charge in [-0.05, 0) is 12.8 Å². The van der Waals surface area contributed by atoms with Crippen LogP contribution in [0.15, 0.2) is 0 Å². The van der Waals surface area contributed by atoms with Crippen LogP contribution in [0.1, 0.15) is 48.9 Å². The van der Waals surface area contributed by atoms with E-state index < -0.39 is 0 Å². The molecule has 0 aromatic carbocycles. The molecule has 0 aromatic heterocycles. The second-order valence-corrected chi connectivity index (χ2v) is 2.21. The molecule has 70 valence electrons. The average Bonchev–Trinajstić information content (AvgIpc) is 2.03. The summed E-state index contributed by atoms with van der Waals surface area (Å²) in [5.41, 5.74) is 0. The Morgan fingerprint density at radius 1 is 1.36 bits per heavy atom. The molecule has 0 heterocycles. The van der Waals surface area contributed by atoms with Crippen molar-refractivity contribution in [1.29, 1.82) is 0 Å². The highest BCUT2D eigenvalue weighted by atomic mass is 16.1. The summed E-state index contributed by atoms with van der Waals surface area (Å²) in [7, 11) is 0. The second-order valence-electron chi connectivity index (χ2n) is 2.21. The minimum absolute atomic E-state index is 0. The molecule has 0 aromatic rings. The van der Waals surface area contributed by atoms with E-state index in [0.717, 1.165) is 12.8 Å². The van der Waals surface area contributed by atoms with Gasteiger partial charge in [0, 0.05) is 14.4 Å². The van der Waals surface area contributed by atoms with Gasteiger partial charge >= 0.3 is 0 Å². The van der Waals surface area contributed by atoms with Gasteiger partial charge in [-0.2, -0.15) is 0 Å². The Kier molecular flexibility index (Phi) is 11.3. The first kappa shape index (κ1) is 13.1. The lowest BCUT2D eigenvalue weighted by Crippen LogP contribution is -2.31. The molecule has 2 heteroatoms. The van der Waals surface area contributed by atoms with Crippen LogP contribution in [0.5, 0.6) is 0 Å². The largest absolute Gasteiger partial charge is 0.354 e. The maximum atomic E-state index is 10.5. The van der Waals surface area contributed by atoms with E-state index in [9.17, 15) is 4.79 Å². The van der Waals surface area contributed by atoms with Crippen molar-refractivity contribution in [2.24, 2.45) is 0 Å². The van der Waals surface area contributed by atoms with Crippen molar-refractivity contribution >= 4 is 5.91 Å². The first-order valence-electron chi connectivity index (χ1n) is 4.47. The molecule has 0 radical (unpaired) electrons. The zero-order chi connectivity index (χ0) is 9.28. The number of hydrogen-bond acceptors (Lipinski definition) is 1. The molecule has 0 aliphatic rings. The fourth-order valence-corrected chi connectivity index (χ4v) is 0.780. The fraction of sp³-hybridized carbons (Fsp3) is 0.889. The van der Waals surface area contributed by atoms with Crippen LogP contribution in [0.2, 0.25) is 0 Å². The number of hydrogen-bond donors (Lipinski definition) is 1. The first-order valence-corrected chi connectivity index (χ1v) is 4.47. The molecule has 0 saturated heterocycles. The van der Waals surface area contributed by atoms with Crippen molar-refractivity contribution < 1.29 is 6.22 Å². The first-order chi connectivity index (χ1) is 5.20. The molecule has 0 fully saturated rings. The summed E-state index contributed by atoms with van der Waals surface area (Å²) in [6.45, 7) is 9.70. The topological polar surface area (TPSA) is 29.1 Å². The summed E-state index contributed by atoms with van der Waals surface area (Å²) >= 11 is 0. The Bertz CT molecular complexity index is 92.5. The van der Waals surface area contributed by atoms with E-state index in [4.69, 9.17) is 0 Å². The van der Waals surface area contributed by atoms with Crippen LogP contribution in [0.4, 0.5) is 0 Å². The van der Waals surface area contributed by atoms with Crippen LogP contribution in [0.25, 0.3) is 0 Å². The van der Waals surface area contributed by atoms with E-state index in [1.165, 1.54) is 0 Å². The molecule has 0 aliphatic carbocycles. The molecule has 1 amide bonds. The van der Waals surface area contributed by atoms with Crippen LogP contribution in [0.3, 0.4) is 0 Å². The quantitative estimate of drug-likeness (QED) is 0.677. The fourth-order valence-electron chi connectivity index (χ4n) is 0.780. The average molecular weight is 161 g/mol. The highest BCUT2D eigenvalue weighted by Gasteiger charge is 2.01. The van der Waals surface area contributed by atoms with Gasteiger partial charge in [0.2, 0.25) is 5.91 Å². The molecule has 11 heavy (non-hydrogen) atoms. The molecule has 0 atom stereocenters. The SMILES string of the molecule is CC.CCC(CC)NC(C)=O.[HH]. The number of carbonyl (C=O) groups excluding carboxylic acids is 1. The molecule has 0 unspecified atom stereocenters.